The zero-order valence-corrected chi connectivity index (χ0v) is 17.3. The molecule has 148 valence electrons. The summed E-state index contributed by atoms with van der Waals surface area (Å²) in [5, 5.41) is 2.86. The third kappa shape index (κ3) is 5.45. The standard InChI is InChI=1S/C21H23NO4S2/c1-25-20(24)19(23)22-18(21-27-12-7-13-28-21)16-10-5-6-11-17(16)26-14-15-8-3-2-4-9-15/h2-6,8-11,18,21H,7,12-14H2,1H3,(H,22,23). The van der Waals surface area contributed by atoms with Crippen molar-refractivity contribution in [3.8, 4) is 5.75 Å². The molecular weight excluding hydrogens is 394 g/mol. The predicted octanol–water partition coefficient (Wildman–Crippen LogP) is 3.79. The third-order valence-corrected chi connectivity index (χ3v) is 7.34. The van der Waals surface area contributed by atoms with Crippen molar-refractivity contribution in [3.63, 3.8) is 0 Å². The van der Waals surface area contributed by atoms with Crippen LogP contribution in [-0.4, -0.2) is 35.1 Å². The average molecular weight is 418 g/mol. The van der Waals surface area contributed by atoms with Gasteiger partial charge in [0.05, 0.1) is 17.7 Å². The molecule has 1 fully saturated rings. The molecule has 7 heteroatoms. The van der Waals surface area contributed by atoms with E-state index in [0.29, 0.717) is 12.4 Å². The normalized spacial score (nSPS) is 15.5. The monoisotopic (exact) mass is 417 g/mol. The Morgan fingerprint density at radius 3 is 2.46 bits per heavy atom. The highest BCUT2D eigenvalue weighted by Gasteiger charge is 2.31. The SMILES string of the molecule is COC(=O)C(=O)NC(c1ccccc1OCc1ccccc1)C1SCCCS1. The fraction of sp³-hybridized carbons (Fsp3) is 0.333. The smallest absolute Gasteiger partial charge is 0.396 e. The Balaban J connectivity index is 1.84. The van der Waals surface area contributed by atoms with Crippen LogP contribution in [0.4, 0.5) is 0 Å². The molecule has 1 saturated heterocycles. The highest BCUT2D eigenvalue weighted by atomic mass is 32.2. The Bertz CT molecular complexity index is 794. The molecule has 1 heterocycles. The van der Waals surface area contributed by atoms with Crippen molar-refractivity contribution in [2.24, 2.45) is 0 Å². The zero-order chi connectivity index (χ0) is 19.8. The zero-order valence-electron chi connectivity index (χ0n) is 15.6. The van der Waals surface area contributed by atoms with E-state index in [4.69, 9.17) is 4.74 Å². The highest BCUT2D eigenvalue weighted by molar-refractivity contribution is 8.17. The Morgan fingerprint density at radius 2 is 1.75 bits per heavy atom. The number of carbonyl (C=O) groups is 2. The van der Waals surface area contributed by atoms with Crippen molar-refractivity contribution in [3.05, 3.63) is 65.7 Å². The van der Waals surface area contributed by atoms with Crippen LogP contribution in [0.3, 0.4) is 0 Å². The van der Waals surface area contributed by atoms with Gasteiger partial charge in [0.2, 0.25) is 0 Å². The van der Waals surface area contributed by atoms with Crippen LogP contribution >= 0.6 is 23.5 Å². The van der Waals surface area contributed by atoms with Crippen LogP contribution in [0.25, 0.3) is 0 Å². The van der Waals surface area contributed by atoms with Crippen LogP contribution in [0, 0.1) is 0 Å². The summed E-state index contributed by atoms with van der Waals surface area (Å²) < 4.78 is 10.8. The summed E-state index contributed by atoms with van der Waals surface area (Å²) in [5.41, 5.74) is 1.93. The van der Waals surface area contributed by atoms with E-state index < -0.39 is 11.9 Å². The molecule has 2 aromatic carbocycles. The lowest BCUT2D eigenvalue weighted by Crippen LogP contribution is -2.39. The lowest BCUT2D eigenvalue weighted by molar-refractivity contribution is -0.153. The Hall–Kier alpha value is -2.12. The topological polar surface area (TPSA) is 64.6 Å². The molecule has 1 N–H and O–H groups in total. The molecule has 0 saturated carbocycles. The first-order valence-corrected chi connectivity index (χ1v) is 11.2. The quantitative estimate of drug-likeness (QED) is 0.570. The minimum atomic E-state index is -0.890. The fourth-order valence-electron chi connectivity index (χ4n) is 2.89. The van der Waals surface area contributed by atoms with E-state index >= 15 is 0 Å². The average Bonchev–Trinajstić information content (AvgIpc) is 2.77. The van der Waals surface area contributed by atoms with Gasteiger partial charge in [-0.05, 0) is 29.6 Å². The second kappa shape index (κ2) is 10.4. The third-order valence-electron chi connectivity index (χ3n) is 4.27. The van der Waals surface area contributed by atoms with Crippen molar-refractivity contribution in [1.29, 1.82) is 0 Å². The van der Waals surface area contributed by atoms with Crippen LogP contribution < -0.4 is 10.1 Å². The van der Waals surface area contributed by atoms with Gasteiger partial charge in [-0.15, -0.1) is 23.5 Å². The largest absolute Gasteiger partial charge is 0.489 e. The lowest BCUT2D eigenvalue weighted by Gasteiger charge is -2.31. The van der Waals surface area contributed by atoms with E-state index in [1.54, 1.807) is 23.5 Å². The van der Waals surface area contributed by atoms with Crippen molar-refractivity contribution in [2.45, 2.75) is 23.7 Å². The summed E-state index contributed by atoms with van der Waals surface area (Å²) >= 11 is 3.58. The van der Waals surface area contributed by atoms with E-state index in [1.165, 1.54) is 7.11 Å². The molecule has 1 aliphatic heterocycles. The first-order valence-electron chi connectivity index (χ1n) is 9.06. The number of rotatable bonds is 6. The maximum absolute atomic E-state index is 12.2. The molecule has 1 amide bonds. The van der Waals surface area contributed by atoms with Gasteiger partial charge in [-0.3, -0.25) is 4.79 Å². The summed E-state index contributed by atoms with van der Waals surface area (Å²) in [6.45, 7) is 0.431. The molecule has 0 aliphatic carbocycles. The van der Waals surface area contributed by atoms with Gasteiger partial charge in [0.1, 0.15) is 12.4 Å². The predicted molar refractivity (Wildman–Crippen MR) is 113 cm³/mol. The number of thioether (sulfide) groups is 2. The van der Waals surface area contributed by atoms with Crippen molar-refractivity contribution >= 4 is 35.4 Å². The fourth-order valence-corrected chi connectivity index (χ4v) is 5.93. The first-order chi connectivity index (χ1) is 13.7. The van der Waals surface area contributed by atoms with Crippen LogP contribution in [0.1, 0.15) is 23.6 Å². The van der Waals surface area contributed by atoms with E-state index in [9.17, 15) is 9.59 Å². The molecule has 3 rings (SSSR count). The van der Waals surface area contributed by atoms with Gasteiger partial charge in [0.15, 0.2) is 0 Å². The Kier molecular flexibility index (Phi) is 7.68. The number of carbonyl (C=O) groups excluding carboxylic acids is 2. The summed E-state index contributed by atoms with van der Waals surface area (Å²) in [6, 6.07) is 17.2. The molecule has 0 aromatic heterocycles. The van der Waals surface area contributed by atoms with Gasteiger partial charge in [-0.25, -0.2) is 4.79 Å². The maximum Gasteiger partial charge on any atom is 0.396 e. The number of nitrogens with one attached hydrogen (secondary N) is 1. The number of hydrogen-bond acceptors (Lipinski definition) is 6. The number of esters is 1. The lowest BCUT2D eigenvalue weighted by atomic mass is 10.1. The van der Waals surface area contributed by atoms with E-state index in [0.717, 1.165) is 29.1 Å². The number of amides is 1. The van der Waals surface area contributed by atoms with Gasteiger partial charge < -0.3 is 14.8 Å². The van der Waals surface area contributed by atoms with Crippen LogP contribution in [0.5, 0.6) is 5.75 Å². The number of ether oxygens (including phenoxy) is 2. The van der Waals surface area contributed by atoms with Crippen LogP contribution in [0.2, 0.25) is 0 Å². The molecule has 28 heavy (non-hydrogen) atoms. The molecule has 1 atom stereocenters. The van der Waals surface area contributed by atoms with E-state index in [-0.39, 0.29) is 10.6 Å². The van der Waals surface area contributed by atoms with Gasteiger partial charge in [-0.1, -0.05) is 48.5 Å². The molecule has 2 aromatic rings. The van der Waals surface area contributed by atoms with Crippen LogP contribution in [0.15, 0.2) is 54.6 Å². The molecule has 0 bridgehead atoms. The van der Waals surface area contributed by atoms with E-state index in [2.05, 4.69) is 10.1 Å². The molecular formula is C21H23NO4S2. The molecule has 0 spiro atoms. The second-order valence-corrected chi connectivity index (χ2v) is 9.02. The van der Waals surface area contributed by atoms with E-state index in [1.807, 2.05) is 54.6 Å². The number of para-hydroxylation sites is 1. The van der Waals surface area contributed by atoms with Gasteiger partial charge in [0, 0.05) is 5.56 Å². The highest BCUT2D eigenvalue weighted by Crippen LogP contribution is 2.41. The minimum Gasteiger partial charge on any atom is -0.489 e. The van der Waals surface area contributed by atoms with Crippen LogP contribution in [-0.2, 0) is 20.9 Å². The molecule has 0 radical (unpaired) electrons. The Morgan fingerprint density at radius 1 is 1.07 bits per heavy atom. The summed E-state index contributed by atoms with van der Waals surface area (Å²) in [7, 11) is 1.21. The number of benzene rings is 2. The minimum absolute atomic E-state index is 0.101. The summed E-state index contributed by atoms with van der Waals surface area (Å²) in [4.78, 5) is 23.9. The first kappa shape index (κ1) is 20.6. The van der Waals surface area contributed by atoms with Gasteiger partial charge in [0.25, 0.3) is 0 Å². The van der Waals surface area contributed by atoms with Crippen molar-refractivity contribution in [2.75, 3.05) is 18.6 Å². The molecule has 1 aliphatic rings. The summed E-state index contributed by atoms with van der Waals surface area (Å²) in [5.74, 6) is 1.12. The van der Waals surface area contributed by atoms with Gasteiger partial charge >= 0.3 is 11.9 Å². The molecule has 5 nitrogen and oxygen atoms in total. The summed E-state index contributed by atoms with van der Waals surface area (Å²) in [6.07, 6.45) is 1.13. The van der Waals surface area contributed by atoms with Gasteiger partial charge in [-0.2, -0.15) is 0 Å². The number of hydrogen-bond donors (Lipinski definition) is 1. The van der Waals surface area contributed by atoms with Crippen molar-refractivity contribution in [1.82, 2.24) is 5.32 Å². The second-order valence-electron chi connectivity index (χ2n) is 6.22. The maximum atomic E-state index is 12.2. The number of methoxy groups -OCH3 is 1. The Labute approximate surface area is 173 Å². The molecule has 1 unspecified atom stereocenters. The van der Waals surface area contributed by atoms with Crippen molar-refractivity contribution < 1.29 is 19.1 Å².